The molecule has 1 amide bonds. The summed E-state index contributed by atoms with van der Waals surface area (Å²) in [6, 6.07) is 9.91. The molecule has 0 fully saturated rings. The lowest BCUT2D eigenvalue weighted by Gasteiger charge is -2.22. The second-order valence-electron chi connectivity index (χ2n) is 8.40. The van der Waals surface area contributed by atoms with E-state index in [4.69, 9.17) is 9.47 Å². The molecule has 0 bridgehead atoms. The molecule has 5 nitrogen and oxygen atoms in total. The van der Waals surface area contributed by atoms with E-state index in [1.165, 1.54) is 0 Å². The Balaban J connectivity index is 2.66. The molecular weight excluding hydrogens is 334 g/mol. The lowest BCUT2D eigenvalue weighted by Crippen LogP contribution is -2.35. The third-order valence-corrected chi connectivity index (χ3v) is 5.28. The third-order valence-electron chi connectivity index (χ3n) is 3.57. The smallest absolute Gasteiger partial charge is 0.407 e. The zero-order valence-electron chi connectivity index (χ0n) is 16.2. The van der Waals surface area contributed by atoms with E-state index < -0.39 is 25.6 Å². The highest BCUT2D eigenvalue weighted by Gasteiger charge is 2.25. The molecule has 0 radical (unpaired) electrons. The van der Waals surface area contributed by atoms with Crippen LogP contribution in [0, 0.1) is 5.41 Å². The van der Waals surface area contributed by atoms with Gasteiger partial charge in [-0.15, -0.1) is 0 Å². The molecule has 1 aromatic carbocycles. The van der Waals surface area contributed by atoms with Crippen molar-refractivity contribution in [3.05, 3.63) is 35.9 Å². The predicted molar refractivity (Wildman–Crippen MR) is 102 cm³/mol. The van der Waals surface area contributed by atoms with Gasteiger partial charge in [0, 0.05) is 8.07 Å². The number of nitrogens with one attached hydrogen (secondary N) is 1. The SMILES string of the molecule is CC(C)(C)C(=O)OCC(NC(=O)OCC[Si](C)(C)C)c1ccccc1. The Bertz CT molecular complexity index is 561. The van der Waals surface area contributed by atoms with Gasteiger partial charge in [0.1, 0.15) is 6.61 Å². The second-order valence-corrected chi connectivity index (χ2v) is 14.0. The number of carbonyl (C=O) groups excluding carboxylic acids is 2. The molecule has 25 heavy (non-hydrogen) atoms. The number of alkyl carbamates (subject to hydrolysis) is 1. The summed E-state index contributed by atoms with van der Waals surface area (Å²) in [5, 5.41) is 2.80. The lowest BCUT2D eigenvalue weighted by atomic mass is 9.97. The van der Waals surface area contributed by atoms with E-state index in [0.29, 0.717) is 6.61 Å². The van der Waals surface area contributed by atoms with Gasteiger partial charge >= 0.3 is 12.1 Å². The summed E-state index contributed by atoms with van der Waals surface area (Å²) in [5.74, 6) is -0.303. The van der Waals surface area contributed by atoms with Crippen LogP contribution in [0.5, 0.6) is 0 Å². The minimum atomic E-state index is -1.25. The van der Waals surface area contributed by atoms with Crippen molar-refractivity contribution in [2.75, 3.05) is 13.2 Å². The summed E-state index contributed by atoms with van der Waals surface area (Å²) in [6.07, 6.45) is -0.487. The standard InChI is InChI=1S/C19H31NO4Si/c1-19(2,3)17(21)24-14-16(15-10-8-7-9-11-15)20-18(22)23-12-13-25(4,5)6/h7-11,16H,12-14H2,1-6H3,(H,20,22). The van der Waals surface area contributed by atoms with E-state index in [1.807, 2.05) is 30.3 Å². The van der Waals surface area contributed by atoms with Crippen LogP contribution in [0.4, 0.5) is 4.79 Å². The van der Waals surface area contributed by atoms with Crippen LogP contribution in [0.25, 0.3) is 0 Å². The van der Waals surface area contributed by atoms with Gasteiger partial charge in [0.25, 0.3) is 0 Å². The first-order valence-electron chi connectivity index (χ1n) is 8.64. The molecule has 1 atom stereocenters. The number of esters is 1. The number of hydrogen-bond acceptors (Lipinski definition) is 4. The van der Waals surface area contributed by atoms with E-state index in [1.54, 1.807) is 20.8 Å². The van der Waals surface area contributed by atoms with Gasteiger partial charge in [0.15, 0.2) is 0 Å². The predicted octanol–water partition coefficient (Wildman–Crippen LogP) is 4.38. The maximum absolute atomic E-state index is 12.1. The molecule has 6 heteroatoms. The van der Waals surface area contributed by atoms with Crippen LogP contribution in [0.15, 0.2) is 30.3 Å². The fourth-order valence-electron chi connectivity index (χ4n) is 1.92. The van der Waals surface area contributed by atoms with Gasteiger partial charge in [-0.2, -0.15) is 0 Å². The summed E-state index contributed by atoms with van der Waals surface area (Å²) in [5.41, 5.74) is 0.283. The van der Waals surface area contributed by atoms with Crippen molar-refractivity contribution in [1.29, 1.82) is 0 Å². The van der Waals surface area contributed by atoms with Crippen molar-refractivity contribution >= 4 is 20.1 Å². The van der Waals surface area contributed by atoms with E-state index in [2.05, 4.69) is 25.0 Å². The molecule has 0 aromatic heterocycles. The molecule has 0 aliphatic carbocycles. The van der Waals surface area contributed by atoms with Gasteiger partial charge in [0.05, 0.1) is 18.1 Å². The molecule has 1 aromatic rings. The highest BCUT2D eigenvalue weighted by Crippen LogP contribution is 2.19. The van der Waals surface area contributed by atoms with E-state index in [9.17, 15) is 9.59 Å². The molecule has 1 unspecified atom stereocenters. The quantitative estimate of drug-likeness (QED) is 0.575. The van der Waals surface area contributed by atoms with Crippen LogP contribution < -0.4 is 5.32 Å². The van der Waals surface area contributed by atoms with Crippen molar-refractivity contribution < 1.29 is 19.1 Å². The molecule has 1 N–H and O–H groups in total. The number of hydrogen-bond donors (Lipinski definition) is 1. The zero-order valence-corrected chi connectivity index (χ0v) is 17.2. The number of carbonyl (C=O) groups is 2. The lowest BCUT2D eigenvalue weighted by molar-refractivity contribution is -0.153. The van der Waals surface area contributed by atoms with Crippen LogP contribution in [0.1, 0.15) is 32.4 Å². The Morgan fingerprint density at radius 2 is 1.68 bits per heavy atom. The summed E-state index contributed by atoms with van der Waals surface area (Å²) >= 11 is 0. The Kier molecular flexibility index (Phi) is 7.67. The normalized spacial score (nSPS) is 13.0. The Hall–Kier alpha value is -1.82. The topological polar surface area (TPSA) is 64.6 Å². The molecule has 0 aliphatic rings. The molecule has 140 valence electrons. The molecule has 0 spiro atoms. The first-order valence-corrected chi connectivity index (χ1v) is 12.4. The average molecular weight is 366 g/mol. The summed E-state index contributed by atoms with van der Waals surface area (Å²) in [4.78, 5) is 24.1. The first kappa shape index (κ1) is 21.2. The summed E-state index contributed by atoms with van der Waals surface area (Å²) in [6.45, 7) is 12.6. The number of ether oxygens (including phenoxy) is 2. The van der Waals surface area contributed by atoms with Gasteiger partial charge in [0.2, 0.25) is 0 Å². The fourth-order valence-corrected chi connectivity index (χ4v) is 2.63. The molecule has 0 saturated heterocycles. The fraction of sp³-hybridized carbons (Fsp3) is 0.579. The van der Waals surface area contributed by atoms with Gasteiger partial charge in [-0.3, -0.25) is 4.79 Å². The van der Waals surface area contributed by atoms with Crippen LogP contribution in [-0.4, -0.2) is 33.4 Å². The summed E-state index contributed by atoms with van der Waals surface area (Å²) < 4.78 is 10.7. The minimum absolute atomic E-state index is 0.0727. The average Bonchev–Trinajstić information content (AvgIpc) is 2.49. The molecule has 0 saturated carbocycles. The van der Waals surface area contributed by atoms with Crippen LogP contribution in [0.3, 0.4) is 0 Å². The molecule has 0 heterocycles. The zero-order chi connectivity index (χ0) is 19.1. The van der Waals surface area contributed by atoms with Gasteiger partial charge in [-0.25, -0.2) is 4.79 Å². The van der Waals surface area contributed by atoms with E-state index >= 15 is 0 Å². The number of rotatable bonds is 7. The first-order chi connectivity index (χ1) is 11.5. The van der Waals surface area contributed by atoms with Crippen LogP contribution in [-0.2, 0) is 14.3 Å². The van der Waals surface area contributed by atoms with Crippen molar-refractivity contribution in [2.45, 2.75) is 52.5 Å². The van der Waals surface area contributed by atoms with Crippen molar-refractivity contribution in [3.8, 4) is 0 Å². The maximum atomic E-state index is 12.1. The van der Waals surface area contributed by atoms with Crippen molar-refractivity contribution in [1.82, 2.24) is 5.32 Å². The highest BCUT2D eigenvalue weighted by atomic mass is 28.3. The number of benzene rings is 1. The van der Waals surface area contributed by atoms with E-state index in [-0.39, 0.29) is 12.6 Å². The van der Waals surface area contributed by atoms with Crippen molar-refractivity contribution in [3.63, 3.8) is 0 Å². The van der Waals surface area contributed by atoms with Crippen molar-refractivity contribution in [2.24, 2.45) is 5.41 Å². The third kappa shape index (κ3) is 8.72. The van der Waals surface area contributed by atoms with Gasteiger partial charge in [-0.1, -0.05) is 50.0 Å². The van der Waals surface area contributed by atoms with Crippen LogP contribution in [0.2, 0.25) is 25.7 Å². The van der Waals surface area contributed by atoms with Gasteiger partial charge < -0.3 is 14.8 Å². The molecule has 0 aliphatic heterocycles. The largest absolute Gasteiger partial charge is 0.463 e. The monoisotopic (exact) mass is 365 g/mol. The minimum Gasteiger partial charge on any atom is -0.463 e. The highest BCUT2D eigenvalue weighted by molar-refractivity contribution is 6.76. The van der Waals surface area contributed by atoms with Gasteiger partial charge in [-0.05, 0) is 32.4 Å². The second kappa shape index (κ2) is 9.04. The Morgan fingerprint density at radius 3 is 2.20 bits per heavy atom. The summed E-state index contributed by atoms with van der Waals surface area (Å²) in [7, 11) is -1.25. The van der Waals surface area contributed by atoms with E-state index in [0.717, 1.165) is 11.6 Å². The maximum Gasteiger partial charge on any atom is 0.407 e. The number of amides is 1. The Labute approximate surface area is 152 Å². The molecular formula is C19H31NO4Si. The Morgan fingerprint density at radius 1 is 1.08 bits per heavy atom. The van der Waals surface area contributed by atoms with Crippen LogP contribution >= 0.6 is 0 Å². The molecule has 1 rings (SSSR count).